The smallest absolute Gasteiger partial charge is 0.393 e. The van der Waals surface area contributed by atoms with Crippen LogP contribution in [0.3, 0.4) is 0 Å². The molecule has 0 saturated carbocycles. The van der Waals surface area contributed by atoms with Gasteiger partial charge in [-0.1, -0.05) is 5.11 Å². The van der Waals surface area contributed by atoms with Crippen LogP contribution >= 0.6 is 0 Å². The number of aliphatic hydroxyl groups is 2. The van der Waals surface area contributed by atoms with E-state index in [0.717, 1.165) is 0 Å². The van der Waals surface area contributed by atoms with Gasteiger partial charge in [-0.25, -0.2) is 4.79 Å². The Bertz CT molecular complexity index is 767. The highest BCUT2D eigenvalue weighted by Crippen LogP contribution is 2.37. The van der Waals surface area contributed by atoms with Crippen molar-refractivity contribution in [2.45, 2.75) is 30.7 Å². The van der Waals surface area contributed by atoms with E-state index in [2.05, 4.69) is 10.0 Å². The van der Waals surface area contributed by atoms with Crippen LogP contribution in [0.5, 0.6) is 0 Å². The molecule has 3 N–H and O–H groups in total. The number of rotatable bonds is 3. The summed E-state index contributed by atoms with van der Waals surface area (Å²) in [4.78, 5) is 26.8. The van der Waals surface area contributed by atoms with Gasteiger partial charge in [0.2, 0.25) is 0 Å². The van der Waals surface area contributed by atoms with Crippen molar-refractivity contribution in [2.24, 2.45) is 5.11 Å². The Morgan fingerprint density at radius 1 is 1.57 bits per heavy atom. The zero-order valence-corrected chi connectivity index (χ0v) is 11.2. The highest BCUT2D eigenvalue weighted by atomic mass is 19.4. The van der Waals surface area contributed by atoms with Crippen molar-refractivity contribution in [3.8, 4) is 0 Å². The molecule has 1 saturated heterocycles. The van der Waals surface area contributed by atoms with Gasteiger partial charge >= 0.3 is 11.9 Å². The van der Waals surface area contributed by atoms with Crippen LogP contribution in [-0.2, 0) is 10.9 Å². The second kappa shape index (κ2) is 5.70. The third-order valence-electron chi connectivity index (χ3n) is 3.31. The largest absolute Gasteiger partial charge is 0.423 e. The van der Waals surface area contributed by atoms with Crippen LogP contribution in [0.15, 0.2) is 20.9 Å². The molecular weight excluding hydrogens is 327 g/mol. The van der Waals surface area contributed by atoms with Gasteiger partial charge in [0.1, 0.15) is 11.8 Å². The minimum atomic E-state index is -5.01. The maximum atomic E-state index is 12.7. The van der Waals surface area contributed by atoms with Crippen LogP contribution in [0.4, 0.5) is 13.2 Å². The molecule has 0 bridgehead atoms. The van der Waals surface area contributed by atoms with Crippen molar-refractivity contribution in [1.82, 2.24) is 9.55 Å². The Kier molecular flexibility index (Phi) is 4.22. The number of alkyl halides is 3. The first-order valence-corrected chi connectivity index (χ1v) is 6.10. The Morgan fingerprint density at radius 2 is 2.22 bits per heavy atom. The molecule has 0 amide bonds. The summed E-state index contributed by atoms with van der Waals surface area (Å²) in [5.41, 5.74) is 1.82. The van der Waals surface area contributed by atoms with E-state index in [-0.39, 0.29) is 6.20 Å². The molecule has 126 valence electrons. The number of ether oxygens (including phenoxy) is 1. The summed E-state index contributed by atoms with van der Waals surface area (Å²) in [6, 6.07) is 0. The molecule has 3 atom stereocenters. The molecule has 2 heterocycles. The molecule has 13 heteroatoms. The van der Waals surface area contributed by atoms with Crippen LogP contribution < -0.4 is 11.2 Å². The molecule has 0 aliphatic carbocycles. The number of nitrogens with zero attached hydrogens (tertiary/aromatic N) is 4. The summed E-state index contributed by atoms with van der Waals surface area (Å²) in [6.45, 7) is -0.959. The van der Waals surface area contributed by atoms with E-state index < -0.39 is 54.1 Å². The van der Waals surface area contributed by atoms with Gasteiger partial charge in [0.05, 0.1) is 12.7 Å². The molecule has 1 aliphatic rings. The van der Waals surface area contributed by atoms with E-state index in [0.29, 0.717) is 4.57 Å². The summed E-state index contributed by atoms with van der Waals surface area (Å²) in [6.07, 6.45) is -8.26. The van der Waals surface area contributed by atoms with Crippen molar-refractivity contribution in [1.29, 1.82) is 0 Å². The predicted octanol–water partition coefficient (Wildman–Crippen LogP) is -0.166. The van der Waals surface area contributed by atoms with Crippen LogP contribution in [-0.4, -0.2) is 38.2 Å². The highest BCUT2D eigenvalue weighted by Gasteiger charge is 2.49. The van der Waals surface area contributed by atoms with E-state index >= 15 is 0 Å². The molecule has 10 nitrogen and oxygen atoms in total. The van der Waals surface area contributed by atoms with Gasteiger partial charge in [-0.2, -0.15) is 13.2 Å². The third kappa shape index (κ3) is 2.94. The molecule has 2 rings (SSSR count). The van der Waals surface area contributed by atoms with Gasteiger partial charge in [-0.3, -0.25) is 14.3 Å². The fourth-order valence-electron chi connectivity index (χ4n) is 2.15. The minimum Gasteiger partial charge on any atom is -0.393 e. The van der Waals surface area contributed by atoms with E-state index in [4.69, 9.17) is 10.3 Å². The lowest BCUT2D eigenvalue weighted by molar-refractivity contribution is -0.141. The Morgan fingerprint density at radius 3 is 2.74 bits per heavy atom. The molecule has 1 aromatic rings. The normalized spacial score (nSPS) is 27.7. The first-order chi connectivity index (χ1) is 10.6. The second-order valence-corrected chi connectivity index (χ2v) is 4.72. The summed E-state index contributed by atoms with van der Waals surface area (Å²) < 4.78 is 43.7. The molecule has 23 heavy (non-hydrogen) atoms. The van der Waals surface area contributed by atoms with Crippen LogP contribution in [0.25, 0.3) is 10.4 Å². The van der Waals surface area contributed by atoms with E-state index in [1.165, 1.54) is 4.98 Å². The number of azide groups is 1. The molecular formula is C10H10F3N5O5. The van der Waals surface area contributed by atoms with Gasteiger partial charge in [0.25, 0.3) is 5.56 Å². The van der Waals surface area contributed by atoms with Crippen LogP contribution in [0.2, 0.25) is 0 Å². The Hall–Kier alpha value is -2.34. The number of H-pyrrole nitrogens is 1. The summed E-state index contributed by atoms with van der Waals surface area (Å²) in [5, 5.41) is 22.1. The third-order valence-corrected chi connectivity index (χ3v) is 3.31. The van der Waals surface area contributed by atoms with Crippen molar-refractivity contribution >= 4 is 0 Å². The Labute approximate surface area is 124 Å². The number of halogens is 3. The monoisotopic (exact) mass is 337 g/mol. The topological polar surface area (TPSA) is 153 Å². The molecule has 1 fully saturated rings. The number of aliphatic hydroxyl groups excluding tert-OH is 2. The average molecular weight is 337 g/mol. The SMILES string of the molecule is [N-]=[N+]=NC1(CO)O[C@@H](n2cc(C(F)(F)F)c(=O)[nH]c2=O)C[C@@H]1O. The Balaban J connectivity index is 2.50. The van der Waals surface area contributed by atoms with Crippen LogP contribution in [0, 0.1) is 0 Å². The van der Waals surface area contributed by atoms with Gasteiger partial charge in [0, 0.05) is 17.5 Å². The summed E-state index contributed by atoms with van der Waals surface area (Å²) in [5.74, 6) is 0. The van der Waals surface area contributed by atoms with E-state index in [9.17, 15) is 33.0 Å². The fourth-order valence-corrected chi connectivity index (χ4v) is 2.15. The number of hydrogen-bond donors (Lipinski definition) is 3. The van der Waals surface area contributed by atoms with Crippen molar-refractivity contribution < 1.29 is 28.1 Å². The molecule has 0 spiro atoms. The van der Waals surface area contributed by atoms with Crippen molar-refractivity contribution in [3.63, 3.8) is 0 Å². The lowest BCUT2D eigenvalue weighted by Gasteiger charge is -2.24. The number of nitrogens with one attached hydrogen (secondary N) is 1. The maximum absolute atomic E-state index is 12.7. The van der Waals surface area contributed by atoms with Gasteiger partial charge in [-0.05, 0) is 5.53 Å². The molecule has 1 aromatic heterocycles. The molecule has 1 unspecified atom stereocenters. The van der Waals surface area contributed by atoms with E-state index in [1.54, 1.807) is 0 Å². The highest BCUT2D eigenvalue weighted by molar-refractivity contribution is 5.10. The molecule has 0 radical (unpaired) electrons. The zero-order chi connectivity index (χ0) is 17.4. The van der Waals surface area contributed by atoms with Crippen molar-refractivity contribution in [2.75, 3.05) is 6.61 Å². The maximum Gasteiger partial charge on any atom is 0.423 e. The zero-order valence-electron chi connectivity index (χ0n) is 11.2. The standard InChI is InChI=1S/C10H10F3N5O5/c11-10(12,13)4-2-18(8(22)15-7(4)21)6-1-5(20)9(3-19,23-6)16-17-14/h2,5-6,19-20H,1,3H2,(H,15,21,22)/t5-,6+,9?/m0/s1. The van der Waals surface area contributed by atoms with Gasteiger partial charge in [-0.15, -0.1) is 0 Å². The average Bonchev–Trinajstić information content (AvgIpc) is 2.75. The quantitative estimate of drug-likeness (QED) is 0.397. The lowest BCUT2D eigenvalue weighted by atomic mass is 10.1. The van der Waals surface area contributed by atoms with Crippen LogP contribution in [0.1, 0.15) is 18.2 Å². The first kappa shape index (κ1) is 17.0. The van der Waals surface area contributed by atoms with E-state index in [1.807, 2.05) is 0 Å². The summed E-state index contributed by atoms with van der Waals surface area (Å²) in [7, 11) is 0. The number of aromatic nitrogens is 2. The fraction of sp³-hybridized carbons (Fsp3) is 0.600. The predicted molar refractivity (Wildman–Crippen MR) is 66.0 cm³/mol. The lowest BCUT2D eigenvalue weighted by Crippen LogP contribution is -2.41. The van der Waals surface area contributed by atoms with Gasteiger partial charge in [0.15, 0.2) is 5.72 Å². The number of aromatic amines is 1. The first-order valence-electron chi connectivity index (χ1n) is 6.10. The van der Waals surface area contributed by atoms with Crippen molar-refractivity contribution in [3.05, 3.63) is 43.0 Å². The number of hydrogen-bond acceptors (Lipinski definition) is 6. The van der Waals surface area contributed by atoms with Gasteiger partial charge < -0.3 is 14.9 Å². The summed E-state index contributed by atoms with van der Waals surface area (Å²) >= 11 is 0. The minimum absolute atomic E-state index is 0.238. The molecule has 1 aliphatic heterocycles. The molecule has 0 aromatic carbocycles. The second-order valence-electron chi connectivity index (χ2n) is 4.72.